The van der Waals surface area contributed by atoms with Crippen LogP contribution in [0.2, 0.25) is 0 Å². The molecule has 1 atom stereocenters. The Hall–Kier alpha value is 0.0600. The second-order valence-corrected chi connectivity index (χ2v) is 7.98. The average molecular weight is 347 g/mol. The number of β-amino-alcohol motifs (C(OH)–C–C–N with tert-alkyl or cyclic N) is 1. The van der Waals surface area contributed by atoms with Crippen LogP contribution < -0.4 is 5.32 Å². The molecule has 0 spiro atoms. The van der Waals surface area contributed by atoms with Gasteiger partial charge in [0.1, 0.15) is 0 Å². The molecule has 19 heavy (non-hydrogen) atoms. The number of aliphatic hydroxyl groups excluding tert-OH is 1. The molecule has 0 saturated carbocycles. The molecule has 2 N–H and O–H groups in total. The number of halogens is 1. The monoisotopic (exact) mass is 346 g/mol. The summed E-state index contributed by atoms with van der Waals surface area (Å²) >= 11 is 5.29. The maximum Gasteiger partial charge on any atom is 0.0701 e. The molecule has 1 saturated heterocycles. The first kappa shape index (κ1) is 15.4. The first-order chi connectivity index (χ1) is 9.13. The summed E-state index contributed by atoms with van der Waals surface area (Å²) < 4.78 is 1.20. The molecule has 1 aromatic heterocycles. The highest BCUT2D eigenvalue weighted by molar-refractivity contribution is 9.11. The predicted octanol–water partition coefficient (Wildman–Crippen LogP) is 2.69. The Bertz CT molecular complexity index is 375. The van der Waals surface area contributed by atoms with Crippen LogP contribution in [0.25, 0.3) is 0 Å². The molecule has 0 amide bonds. The molecule has 5 heteroatoms. The van der Waals surface area contributed by atoms with Gasteiger partial charge in [-0.25, -0.2) is 0 Å². The lowest BCUT2D eigenvalue weighted by atomic mass is 9.96. The van der Waals surface area contributed by atoms with Crippen molar-refractivity contribution in [1.29, 1.82) is 0 Å². The zero-order chi connectivity index (χ0) is 13.7. The molecule has 2 heterocycles. The van der Waals surface area contributed by atoms with Crippen LogP contribution >= 0.6 is 27.3 Å². The van der Waals surface area contributed by atoms with E-state index in [0.717, 1.165) is 38.6 Å². The zero-order valence-electron chi connectivity index (χ0n) is 11.4. The summed E-state index contributed by atoms with van der Waals surface area (Å²) in [6, 6.07) is 4.28. The third kappa shape index (κ3) is 5.52. The number of hydrogen-bond acceptors (Lipinski definition) is 4. The summed E-state index contributed by atoms with van der Waals surface area (Å²) in [6.07, 6.45) is 2.29. The Morgan fingerprint density at radius 3 is 2.79 bits per heavy atom. The van der Waals surface area contributed by atoms with E-state index in [-0.39, 0.29) is 6.10 Å². The Morgan fingerprint density at radius 1 is 1.47 bits per heavy atom. The van der Waals surface area contributed by atoms with Gasteiger partial charge in [0.2, 0.25) is 0 Å². The van der Waals surface area contributed by atoms with Gasteiger partial charge in [0, 0.05) is 18.0 Å². The number of hydrogen-bond donors (Lipinski definition) is 2. The molecule has 2 rings (SSSR count). The van der Waals surface area contributed by atoms with Crippen LogP contribution in [0.15, 0.2) is 15.9 Å². The second kappa shape index (κ2) is 7.74. The minimum absolute atomic E-state index is 0.202. The van der Waals surface area contributed by atoms with E-state index in [1.165, 1.54) is 21.5 Å². The van der Waals surface area contributed by atoms with Crippen molar-refractivity contribution in [3.8, 4) is 0 Å². The lowest BCUT2D eigenvalue weighted by molar-refractivity contribution is 0.0998. The fourth-order valence-electron chi connectivity index (χ4n) is 2.59. The summed E-state index contributed by atoms with van der Waals surface area (Å²) in [5.41, 5.74) is 0. The first-order valence-corrected chi connectivity index (χ1v) is 8.60. The number of nitrogens with zero attached hydrogens (tertiary/aromatic N) is 1. The van der Waals surface area contributed by atoms with Crippen LogP contribution in [0, 0.1) is 5.92 Å². The maximum absolute atomic E-state index is 9.38. The van der Waals surface area contributed by atoms with Gasteiger partial charge in [0.25, 0.3) is 0 Å². The van der Waals surface area contributed by atoms with Crippen LogP contribution in [0.3, 0.4) is 0 Å². The third-order valence-corrected chi connectivity index (χ3v) is 5.21. The second-order valence-electron chi connectivity index (χ2n) is 5.43. The minimum atomic E-state index is -0.202. The molecule has 0 bridgehead atoms. The Balaban J connectivity index is 1.60. The molecule has 1 aromatic rings. The maximum atomic E-state index is 9.38. The van der Waals surface area contributed by atoms with Crippen LogP contribution in [0.5, 0.6) is 0 Å². The Labute approximate surface area is 128 Å². The molecule has 0 radical (unpaired) electrons. The van der Waals surface area contributed by atoms with Crippen molar-refractivity contribution in [2.45, 2.75) is 32.4 Å². The summed E-state index contributed by atoms with van der Waals surface area (Å²) in [5.74, 6) is 0.786. The van der Waals surface area contributed by atoms with Gasteiger partial charge in [-0.3, -0.25) is 0 Å². The summed E-state index contributed by atoms with van der Waals surface area (Å²) in [4.78, 5) is 3.76. The molecule has 1 unspecified atom stereocenters. The van der Waals surface area contributed by atoms with E-state index in [2.05, 4.69) is 38.3 Å². The SMILES string of the molecule is CC(O)CN1CCC(CNCc2ccc(Br)s2)CC1. The topological polar surface area (TPSA) is 35.5 Å². The average Bonchev–Trinajstić information content (AvgIpc) is 2.77. The van der Waals surface area contributed by atoms with Gasteiger partial charge in [0.05, 0.1) is 9.89 Å². The molecule has 0 aliphatic carbocycles. The summed E-state index contributed by atoms with van der Waals surface area (Å²) in [7, 11) is 0. The minimum Gasteiger partial charge on any atom is -0.392 e. The van der Waals surface area contributed by atoms with Gasteiger partial charge < -0.3 is 15.3 Å². The molecular weight excluding hydrogens is 324 g/mol. The van der Waals surface area contributed by atoms with Crippen molar-refractivity contribution in [2.75, 3.05) is 26.2 Å². The van der Waals surface area contributed by atoms with Crippen molar-refractivity contribution in [2.24, 2.45) is 5.92 Å². The predicted molar refractivity (Wildman–Crippen MR) is 84.6 cm³/mol. The highest BCUT2D eigenvalue weighted by Gasteiger charge is 2.19. The van der Waals surface area contributed by atoms with Gasteiger partial charge in [0.15, 0.2) is 0 Å². The molecule has 3 nitrogen and oxygen atoms in total. The van der Waals surface area contributed by atoms with Crippen LogP contribution in [-0.2, 0) is 6.54 Å². The van der Waals surface area contributed by atoms with Crippen molar-refractivity contribution in [1.82, 2.24) is 10.2 Å². The lowest BCUT2D eigenvalue weighted by Gasteiger charge is -2.32. The van der Waals surface area contributed by atoms with Gasteiger partial charge in [-0.15, -0.1) is 11.3 Å². The highest BCUT2D eigenvalue weighted by atomic mass is 79.9. The van der Waals surface area contributed by atoms with Crippen molar-refractivity contribution < 1.29 is 5.11 Å². The standard InChI is InChI=1S/C14H23BrN2OS/c1-11(18)10-17-6-4-12(5-7-17)8-16-9-13-2-3-14(15)19-13/h2-3,11-12,16,18H,4-10H2,1H3. The van der Waals surface area contributed by atoms with E-state index < -0.39 is 0 Å². The highest BCUT2D eigenvalue weighted by Crippen LogP contribution is 2.22. The molecule has 0 aromatic carbocycles. The van der Waals surface area contributed by atoms with Gasteiger partial charge in [-0.1, -0.05) is 0 Å². The summed E-state index contributed by atoms with van der Waals surface area (Å²) in [6.45, 7) is 7.03. The fraction of sp³-hybridized carbons (Fsp3) is 0.714. The van der Waals surface area contributed by atoms with E-state index in [1.807, 2.05) is 6.92 Å². The number of aliphatic hydroxyl groups is 1. The number of piperidine rings is 1. The quantitative estimate of drug-likeness (QED) is 0.831. The van der Waals surface area contributed by atoms with E-state index in [1.54, 1.807) is 11.3 Å². The first-order valence-electron chi connectivity index (χ1n) is 6.99. The smallest absolute Gasteiger partial charge is 0.0701 e. The Morgan fingerprint density at radius 2 is 2.21 bits per heavy atom. The molecular formula is C14H23BrN2OS. The van der Waals surface area contributed by atoms with Crippen LogP contribution in [0.1, 0.15) is 24.6 Å². The molecule has 1 aliphatic heterocycles. The van der Waals surface area contributed by atoms with Crippen LogP contribution in [0.4, 0.5) is 0 Å². The normalized spacial score (nSPS) is 19.7. The molecule has 1 fully saturated rings. The van der Waals surface area contributed by atoms with Crippen molar-refractivity contribution >= 4 is 27.3 Å². The molecule has 1 aliphatic rings. The lowest BCUT2D eigenvalue weighted by Crippen LogP contribution is -2.40. The van der Waals surface area contributed by atoms with Crippen LogP contribution in [-0.4, -0.2) is 42.3 Å². The van der Waals surface area contributed by atoms with E-state index >= 15 is 0 Å². The van der Waals surface area contributed by atoms with Crippen molar-refractivity contribution in [3.05, 3.63) is 20.8 Å². The zero-order valence-corrected chi connectivity index (χ0v) is 13.8. The van der Waals surface area contributed by atoms with E-state index in [4.69, 9.17) is 0 Å². The number of rotatable bonds is 6. The van der Waals surface area contributed by atoms with E-state index in [9.17, 15) is 5.11 Å². The summed E-state index contributed by atoms with van der Waals surface area (Å²) in [5, 5.41) is 12.9. The van der Waals surface area contributed by atoms with Gasteiger partial charge >= 0.3 is 0 Å². The van der Waals surface area contributed by atoms with Gasteiger partial charge in [-0.2, -0.15) is 0 Å². The van der Waals surface area contributed by atoms with Crippen molar-refractivity contribution in [3.63, 3.8) is 0 Å². The number of thiophene rings is 1. The number of likely N-dealkylation sites (tertiary alicyclic amines) is 1. The number of nitrogens with one attached hydrogen (secondary N) is 1. The largest absolute Gasteiger partial charge is 0.392 e. The van der Waals surface area contributed by atoms with E-state index in [0.29, 0.717) is 0 Å². The van der Waals surface area contributed by atoms with Gasteiger partial charge in [-0.05, 0) is 73.4 Å². The third-order valence-electron chi connectivity index (χ3n) is 3.59. The fourth-order valence-corrected chi connectivity index (χ4v) is 4.05. The Kier molecular flexibility index (Phi) is 6.29. The molecule has 108 valence electrons.